The van der Waals surface area contributed by atoms with E-state index in [1.807, 2.05) is 36.4 Å². The maximum Gasteiger partial charge on any atom is 0.0399 e. The first-order valence-corrected chi connectivity index (χ1v) is 4.39. The summed E-state index contributed by atoms with van der Waals surface area (Å²) in [5.74, 6) is 0. The molecule has 14 heavy (non-hydrogen) atoms. The van der Waals surface area contributed by atoms with Gasteiger partial charge in [0.25, 0.3) is 0 Å². The van der Waals surface area contributed by atoms with Crippen LogP contribution in [0.4, 0.5) is 11.4 Å². The lowest BCUT2D eigenvalue weighted by atomic mass is 10.0. The summed E-state index contributed by atoms with van der Waals surface area (Å²) >= 11 is 0. The molecule has 0 saturated heterocycles. The number of anilines is 2. The Labute approximate surface area is 83.2 Å². The molecule has 0 bridgehead atoms. The van der Waals surface area contributed by atoms with Gasteiger partial charge in [-0.3, -0.25) is 0 Å². The van der Waals surface area contributed by atoms with Crippen LogP contribution in [-0.2, 0) is 0 Å². The molecule has 2 rings (SSSR count). The van der Waals surface area contributed by atoms with Crippen LogP contribution in [-0.4, -0.2) is 0 Å². The predicted molar refractivity (Wildman–Crippen MR) is 59.5 cm³/mol. The van der Waals surface area contributed by atoms with E-state index >= 15 is 0 Å². The van der Waals surface area contributed by atoms with Crippen molar-refractivity contribution in [2.75, 3.05) is 11.5 Å². The Bertz CT molecular complexity index is 450. The summed E-state index contributed by atoms with van der Waals surface area (Å²) in [5, 5.41) is 0. The minimum absolute atomic E-state index is 0.720. The zero-order chi connectivity index (χ0) is 9.97. The van der Waals surface area contributed by atoms with Gasteiger partial charge in [-0.15, -0.1) is 0 Å². The van der Waals surface area contributed by atoms with Crippen molar-refractivity contribution in [3.63, 3.8) is 0 Å². The topological polar surface area (TPSA) is 52.0 Å². The van der Waals surface area contributed by atoms with Crippen molar-refractivity contribution < 1.29 is 0 Å². The maximum atomic E-state index is 5.83. The SMILES string of the molecule is Nc1cccc(-c2cc[c]cc2N)c1. The van der Waals surface area contributed by atoms with E-state index in [0.717, 1.165) is 22.5 Å². The summed E-state index contributed by atoms with van der Waals surface area (Å²) < 4.78 is 0. The Balaban J connectivity index is 2.55. The van der Waals surface area contributed by atoms with E-state index < -0.39 is 0 Å². The van der Waals surface area contributed by atoms with Crippen LogP contribution in [0.1, 0.15) is 0 Å². The molecule has 0 amide bonds. The number of benzene rings is 2. The summed E-state index contributed by atoms with van der Waals surface area (Å²) in [6.07, 6.45) is 0. The van der Waals surface area contributed by atoms with Gasteiger partial charge in [-0.1, -0.05) is 24.3 Å². The van der Waals surface area contributed by atoms with E-state index in [1.54, 1.807) is 6.07 Å². The van der Waals surface area contributed by atoms with Gasteiger partial charge in [0.2, 0.25) is 0 Å². The smallest absolute Gasteiger partial charge is 0.0399 e. The fourth-order valence-corrected chi connectivity index (χ4v) is 1.41. The van der Waals surface area contributed by atoms with Crippen LogP contribution < -0.4 is 11.5 Å². The third-order valence-electron chi connectivity index (χ3n) is 2.09. The van der Waals surface area contributed by atoms with Gasteiger partial charge < -0.3 is 11.5 Å². The molecule has 0 saturated carbocycles. The van der Waals surface area contributed by atoms with Crippen LogP contribution >= 0.6 is 0 Å². The quantitative estimate of drug-likeness (QED) is 0.666. The molecule has 2 aromatic carbocycles. The molecule has 4 N–H and O–H groups in total. The highest BCUT2D eigenvalue weighted by atomic mass is 14.6. The summed E-state index contributed by atoms with van der Waals surface area (Å²) in [4.78, 5) is 0. The Morgan fingerprint density at radius 1 is 1.07 bits per heavy atom. The number of hydrogen-bond donors (Lipinski definition) is 2. The summed E-state index contributed by atoms with van der Waals surface area (Å²) in [7, 11) is 0. The summed E-state index contributed by atoms with van der Waals surface area (Å²) in [6.45, 7) is 0. The second-order valence-electron chi connectivity index (χ2n) is 3.14. The summed E-state index contributed by atoms with van der Waals surface area (Å²) in [6, 6.07) is 16.1. The molecule has 2 aromatic rings. The van der Waals surface area contributed by atoms with Crippen LogP contribution in [0.2, 0.25) is 0 Å². The highest BCUT2D eigenvalue weighted by Gasteiger charge is 2.00. The Hall–Kier alpha value is -1.96. The molecule has 0 heterocycles. The Morgan fingerprint density at radius 2 is 1.93 bits per heavy atom. The third kappa shape index (κ3) is 1.55. The van der Waals surface area contributed by atoms with Gasteiger partial charge in [0, 0.05) is 16.9 Å². The first kappa shape index (κ1) is 8.63. The van der Waals surface area contributed by atoms with Crippen LogP contribution in [0.25, 0.3) is 11.1 Å². The molecule has 0 spiro atoms. The fraction of sp³-hybridized carbons (Fsp3) is 0. The van der Waals surface area contributed by atoms with Gasteiger partial charge in [0.1, 0.15) is 0 Å². The second-order valence-corrected chi connectivity index (χ2v) is 3.14. The molecular weight excluding hydrogens is 172 g/mol. The molecule has 0 fully saturated rings. The van der Waals surface area contributed by atoms with Gasteiger partial charge in [0.05, 0.1) is 0 Å². The lowest BCUT2D eigenvalue weighted by Crippen LogP contribution is -1.90. The van der Waals surface area contributed by atoms with E-state index in [2.05, 4.69) is 6.07 Å². The molecule has 0 aliphatic heterocycles. The predicted octanol–water partition coefficient (Wildman–Crippen LogP) is 2.32. The van der Waals surface area contributed by atoms with Gasteiger partial charge in [-0.25, -0.2) is 0 Å². The molecule has 1 radical (unpaired) electrons. The highest BCUT2D eigenvalue weighted by Crippen LogP contribution is 2.26. The lowest BCUT2D eigenvalue weighted by molar-refractivity contribution is 1.60. The van der Waals surface area contributed by atoms with E-state index in [-0.39, 0.29) is 0 Å². The monoisotopic (exact) mass is 183 g/mol. The average molecular weight is 183 g/mol. The zero-order valence-electron chi connectivity index (χ0n) is 7.70. The second kappa shape index (κ2) is 3.42. The van der Waals surface area contributed by atoms with Crippen LogP contribution in [0.5, 0.6) is 0 Å². The average Bonchev–Trinajstić information content (AvgIpc) is 2.18. The minimum Gasteiger partial charge on any atom is -0.399 e. The number of rotatable bonds is 1. The van der Waals surface area contributed by atoms with Crippen LogP contribution in [0.3, 0.4) is 0 Å². The molecular formula is C12H11N2. The normalized spacial score (nSPS) is 10.0. The fourth-order valence-electron chi connectivity index (χ4n) is 1.41. The number of hydrogen-bond acceptors (Lipinski definition) is 2. The van der Waals surface area contributed by atoms with Crippen molar-refractivity contribution in [2.45, 2.75) is 0 Å². The molecule has 2 nitrogen and oxygen atoms in total. The molecule has 0 atom stereocenters. The van der Waals surface area contributed by atoms with Crippen molar-refractivity contribution in [2.24, 2.45) is 0 Å². The van der Waals surface area contributed by atoms with Crippen molar-refractivity contribution in [3.05, 3.63) is 48.5 Å². The van der Waals surface area contributed by atoms with E-state index in [0.29, 0.717) is 0 Å². The van der Waals surface area contributed by atoms with E-state index in [9.17, 15) is 0 Å². The number of nitrogen functional groups attached to an aromatic ring is 2. The van der Waals surface area contributed by atoms with E-state index in [4.69, 9.17) is 11.5 Å². The summed E-state index contributed by atoms with van der Waals surface area (Å²) in [5.41, 5.74) is 15.0. The molecule has 0 aliphatic rings. The minimum atomic E-state index is 0.720. The molecule has 0 aliphatic carbocycles. The Morgan fingerprint density at radius 3 is 2.64 bits per heavy atom. The molecule has 69 valence electrons. The van der Waals surface area contributed by atoms with E-state index in [1.165, 1.54) is 0 Å². The molecule has 0 aromatic heterocycles. The Kier molecular flexibility index (Phi) is 2.11. The maximum absolute atomic E-state index is 5.83. The molecule has 0 unspecified atom stereocenters. The highest BCUT2D eigenvalue weighted by molar-refractivity contribution is 5.77. The van der Waals surface area contributed by atoms with Crippen LogP contribution in [0.15, 0.2) is 42.5 Å². The first-order chi connectivity index (χ1) is 6.77. The van der Waals surface area contributed by atoms with Gasteiger partial charge in [-0.2, -0.15) is 0 Å². The van der Waals surface area contributed by atoms with Crippen molar-refractivity contribution in [3.8, 4) is 11.1 Å². The first-order valence-electron chi connectivity index (χ1n) is 4.39. The van der Waals surface area contributed by atoms with Gasteiger partial charge in [-0.05, 0) is 29.8 Å². The molecule has 2 heteroatoms. The third-order valence-corrected chi connectivity index (χ3v) is 2.09. The van der Waals surface area contributed by atoms with Gasteiger partial charge in [0.15, 0.2) is 0 Å². The standard InChI is InChI=1S/C12H11N2/c13-10-5-3-4-9(8-10)11-6-1-2-7-12(11)14/h1,3-8H,13-14H2. The zero-order valence-corrected chi connectivity index (χ0v) is 7.70. The lowest BCUT2D eigenvalue weighted by Gasteiger charge is -2.05. The number of nitrogens with two attached hydrogens (primary N) is 2. The van der Waals surface area contributed by atoms with Crippen molar-refractivity contribution in [1.82, 2.24) is 0 Å². The van der Waals surface area contributed by atoms with Crippen LogP contribution in [0, 0.1) is 6.07 Å². The van der Waals surface area contributed by atoms with Gasteiger partial charge >= 0.3 is 0 Å². The largest absolute Gasteiger partial charge is 0.399 e. The van der Waals surface area contributed by atoms with Crippen molar-refractivity contribution in [1.29, 1.82) is 0 Å². The van der Waals surface area contributed by atoms with Crippen molar-refractivity contribution >= 4 is 11.4 Å².